The van der Waals surface area contributed by atoms with Gasteiger partial charge in [-0.15, -0.1) is 12.8 Å². The van der Waals surface area contributed by atoms with E-state index in [0.717, 1.165) is 12.8 Å². The van der Waals surface area contributed by atoms with Gasteiger partial charge in [-0.2, -0.15) is 12.2 Å². The summed E-state index contributed by atoms with van der Waals surface area (Å²) in [6, 6.07) is 0. The van der Waals surface area contributed by atoms with Crippen molar-refractivity contribution in [1.82, 2.24) is 0 Å². The van der Waals surface area contributed by atoms with Gasteiger partial charge in [-0.25, -0.2) is 23.3 Å². The van der Waals surface area contributed by atoms with E-state index >= 15 is 0 Å². The van der Waals surface area contributed by atoms with Crippen LogP contribution in [0.25, 0.3) is 0 Å². The van der Waals surface area contributed by atoms with Crippen LogP contribution in [0.5, 0.6) is 0 Å². The molecule has 0 saturated carbocycles. The zero-order valence-electron chi connectivity index (χ0n) is 16.5. The van der Waals surface area contributed by atoms with Gasteiger partial charge >= 0.3 is 26.2 Å². The number of allylic oxidation sites excluding steroid dienone is 8. The molecule has 25 heavy (non-hydrogen) atoms. The predicted molar refractivity (Wildman–Crippen MR) is 102 cm³/mol. The quantitative estimate of drug-likeness (QED) is 0.372. The zero-order chi connectivity index (χ0) is 16.8. The third-order valence-corrected chi connectivity index (χ3v) is 6.76. The predicted octanol–water partition coefficient (Wildman–Crippen LogP) is -0.473. The Balaban J connectivity index is -0.000000352. The van der Waals surface area contributed by atoms with Crippen LogP contribution in [0.4, 0.5) is 0 Å². The summed E-state index contributed by atoms with van der Waals surface area (Å²) >= 11 is 0. The van der Waals surface area contributed by atoms with Gasteiger partial charge in [0.15, 0.2) is 8.32 Å². The second-order valence-electron chi connectivity index (χ2n) is 7.15. The minimum atomic E-state index is -1.26. The summed E-state index contributed by atoms with van der Waals surface area (Å²) in [5.41, 5.74) is 3.17. The molecule has 1 atom stereocenters. The van der Waals surface area contributed by atoms with Gasteiger partial charge in [0, 0.05) is 5.73 Å². The van der Waals surface area contributed by atoms with Crippen LogP contribution in [0.2, 0.25) is 32.7 Å². The van der Waals surface area contributed by atoms with Gasteiger partial charge < -0.3 is 29.2 Å². The first-order chi connectivity index (χ1) is 10.2. The molecule has 0 N–H and O–H groups in total. The number of hydrogen-bond donors (Lipinski definition) is 0. The Kier molecular flexibility index (Phi) is 18.1. The van der Waals surface area contributed by atoms with E-state index in [-0.39, 0.29) is 59.8 Å². The molecule has 0 bridgehead atoms. The maximum atomic E-state index is 5.88. The third kappa shape index (κ3) is 12.8. The Morgan fingerprint density at radius 2 is 1.36 bits per heavy atom. The monoisotopic (exact) mass is 491 g/mol. The molecule has 0 fully saturated rings. The number of rotatable bonds is 5. The normalized spacial score (nSPS) is 16.2. The van der Waals surface area contributed by atoms with Crippen molar-refractivity contribution >= 4 is 17.1 Å². The fraction of sp³-hybridized carbons (Fsp3) is 0.579. The minimum Gasteiger partial charge on any atom is -1.00 e. The summed E-state index contributed by atoms with van der Waals surface area (Å²) in [5, 5.41) is 0. The molecule has 0 aromatic heterocycles. The first-order valence-corrected chi connectivity index (χ1v) is 14.2. The van der Waals surface area contributed by atoms with Gasteiger partial charge in [-0.05, 0) is 26.6 Å². The molecule has 2 aliphatic carbocycles. The van der Waals surface area contributed by atoms with Crippen LogP contribution in [0.1, 0.15) is 26.7 Å². The summed E-state index contributed by atoms with van der Waals surface area (Å²) in [4.78, 5) is 0. The fourth-order valence-corrected chi connectivity index (χ4v) is 5.32. The zero-order valence-corrected chi connectivity index (χ0v) is 22.5. The Morgan fingerprint density at radius 3 is 1.56 bits per heavy atom. The molecule has 0 spiro atoms. The smallest absolute Gasteiger partial charge is 1.00 e. The summed E-state index contributed by atoms with van der Waals surface area (Å²) < 4.78 is 5.88. The van der Waals surface area contributed by atoms with E-state index in [1.165, 1.54) is 11.1 Å². The third-order valence-electron chi connectivity index (χ3n) is 3.72. The van der Waals surface area contributed by atoms with Crippen LogP contribution in [-0.4, -0.2) is 22.8 Å². The van der Waals surface area contributed by atoms with E-state index in [0.29, 0.717) is 11.6 Å². The van der Waals surface area contributed by atoms with Gasteiger partial charge in [0.1, 0.15) is 0 Å². The van der Waals surface area contributed by atoms with Crippen LogP contribution in [0, 0.1) is 18.1 Å². The van der Waals surface area contributed by atoms with Crippen molar-refractivity contribution in [3.8, 4) is 0 Å². The molecule has 2 aliphatic rings. The molecule has 0 heterocycles. The van der Waals surface area contributed by atoms with Crippen LogP contribution < -0.4 is 24.8 Å². The first-order valence-electron chi connectivity index (χ1n) is 8.23. The number of halogens is 2. The molecule has 0 amide bonds. The molecule has 0 aromatic carbocycles. The van der Waals surface area contributed by atoms with Crippen molar-refractivity contribution in [2.45, 2.75) is 65.2 Å². The van der Waals surface area contributed by atoms with Crippen molar-refractivity contribution in [3.05, 3.63) is 47.6 Å². The van der Waals surface area contributed by atoms with E-state index in [9.17, 15) is 0 Å². The van der Waals surface area contributed by atoms with Crippen molar-refractivity contribution in [1.29, 1.82) is 0 Å². The van der Waals surface area contributed by atoms with Crippen molar-refractivity contribution in [3.63, 3.8) is 0 Å². The van der Waals surface area contributed by atoms with Crippen LogP contribution in [0.15, 0.2) is 35.5 Å². The van der Waals surface area contributed by atoms with Gasteiger partial charge in [0.25, 0.3) is 0 Å². The molecule has 0 aliphatic heterocycles. The van der Waals surface area contributed by atoms with Gasteiger partial charge in [-0.3, -0.25) is 12.2 Å². The maximum Gasteiger partial charge on any atom is 4.00 e. The molecule has 1 unspecified atom stereocenters. The van der Waals surface area contributed by atoms with Crippen LogP contribution in [0.3, 0.4) is 0 Å². The maximum absolute atomic E-state index is 5.88. The molecule has 2 rings (SSSR count). The number of hydrogen-bond acceptors (Lipinski definition) is 1. The molecule has 0 saturated heterocycles. The molecule has 0 aromatic rings. The second kappa shape index (κ2) is 14.8. The second-order valence-corrected chi connectivity index (χ2v) is 14.6. The van der Waals surface area contributed by atoms with E-state index in [4.69, 9.17) is 4.43 Å². The summed E-state index contributed by atoms with van der Waals surface area (Å²) in [6.07, 6.45) is 17.3. The Labute approximate surface area is 190 Å². The Morgan fingerprint density at radius 1 is 0.960 bits per heavy atom. The molecule has 139 valence electrons. The first kappa shape index (κ1) is 30.5. The van der Waals surface area contributed by atoms with E-state index in [1.807, 2.05) is 0 Å². The van der Waals surface area contributed by atoms with Gasteiger partial charge in [0.05, 0.1) is 8.80 Å². The van der Waals surface area contributed by atoms with Crippen molar-refractivity contribution < 1.29 is 55.4 Å². The minimum absolute atomic E-state index is 0. The topological polar surface area (TPSA) is 9.23 Å². The van der Waals surface area contributed by atoms with E-state index in [2.05, 4.69) is 83.0 Å². The molecular weight excluding hydrogens is 463 g/mol. The molecule has 1 nitrogen and oxygen atoms in total. The molecular formula is C19H31Cl2OSi2Zr. The van der Waals surface area contributed by atoms with Crippen LogP contribution in [-0.2, 0) is 30.6 Å². The molecule has 6 heteroatoms. The summed E-state index contributed by atoms with van der Waals surface area (Å²) in [7, 11) is -1.49. The largest absolute Gasteiger partial charge is 4.00 e. The van der Waals surface area contributed by atoms with Gasteiger partial charge in [0.2, 0.25) is 0 Å². The van der Waals surface area contributed by atoms with E-state index < -0.39 is 8.32 Å². The fourth-order valence-electron chi connectivity index (χ4n) is 2.25. The molecule has 1 radical (unpaired) electrons. The Bertz CT molecular complexity index is 450. The van der Waals surface area contributed by atoms with Crippen molar-refractivity contribution in [2.75, 3.05) is 0 Å². The standard InChI is InChI=1S/C12H12.C7H19OSi2.2ClH.Zr/c1-10(11-6-2-3-7-11)12-8-4-5-9-12;1-7(9(2)3)8-10(4,5)6;;;/h2,4,6,8,10H,3,5H2,1H3;7H,1-6H3;2*1H;/q-2;;;;+4/p-2. The van der Waals surface area contributed by atoms with Crippen LogP contribution >= 0.6 is 0 Å². The van der Waals surface area contributed by atoms with Gasteiger partial charge in [-0.1, -0.05) is 25.9 Å². The average Bonchev–Trinajstić information content (AvgIpc) is 3.10. The SMILES string of the molecule is CC(C1=[C-]CC=C1)C1=[C-]CC=C1.CC(O[Si](C)(C)C)[Si](C)C.[Cl-].[Cl-].[Zr+4]. The average molecular weight is 494 g/mol. The summed E-state index contributed by atoms with van der Waals surface area (Å²) in [5.74, 6) is 0.488. The summed E-state index contributed by atoms with van der Waals surface area (Å²) in [6.45, 7) is 15.8. The van der Waals surface area contributed by atoms with E-state index in [1.54, 1.807) is 0 Å². The van der Waals surface area contributed by atoms with Crippen molar-refractivity contribution in [2.24, 2.45) is 5.92 Å². The Hall–Kier alpha value is 0.817.